The zero-order valence-corrected chi connectivity index (χ0v) is 9.17. The number of carbonyl (C=O) groups excluding carboxylic acids is 1. The molecule has 1 aromatic carbocycles. The molecule has 0 heterocycles. The van der Waals surface area contributed by atoms with Gasteiger partial charge in [-0.15, -0.1) is 12.4 Å². The highest BCUT2D eigenvalue weighted by Crippen LogP contribution is 2.28. The first kappa shape index (κ1) is 16.0. The predicted molar refractivity (Wildman–Crippen MR) is 54.6 cm³/mol. The van der Waals surface area contributed by atoms with Crippen molar-refractivity contribution in [1.29, 1.82) is 5.41 Å². The van der Waals surface area contributed by atoms with Crippen LogP contribution in [0, 0.1) is 28.7 Å². The van der Waals surface area contributed by atoms with Gasteiger partial charge in [0.1, 0.15) is 5.56 Å². The molecular weight excluding hydrogens is 282 g/mol. The molecule has 5 nitrogen and oxygen atoms in total. The van der Waals surface area contributed by atoms with E-state index in [-0.39, 0.29) is 12.4 Å². The topological polar surface area (TPSA) is 99.2 Å². The molecular formula is C8H6ClF4N3O2. The van der Waals surface area contributed by atoms with Crippen LogP contribution in [0.5, 0.6) is 5.75 Å². The Bertz CT molecular complexity index is 495. The quantitative estimate of drug-likeness (QED) is 0.268. The first-order chi connectivity index (χ1) is 7.77. The molecule has 0 spiro atoms. The summed E-state index contributed by atoms with van der Waals surface area (Å²) in [6.45, 7) is 0. The molecule has 0 aliphatic carbocycles. The van der Waals surface area contributed by atoms with Crippen LogP contribution in [0.2, 0.25) is 0 Å². The highest BCUT2D eigenvalue weighted by Gasteiger charge is 2.29. The highest BCUT2D eigenvalue weighted by molar-refractivity contribution is 6.04. The van der Waals surface area contributed by atoms with Crippen molar-refractivity contribution in [1.82, 2.24) is 5.32 Å². The number of nitrogens with two attached hydrogens (primary N) is 1. The Morgan fingerprint density at radius 2 is 1.50 bits per heavy atom. The average molecular weight is 288 g/mol. The van der Waals surface area contributed by atoms with Gasteiger partial charge >= 0.3 is 0 Å². The molecule has 0 unspecified atom stereocenters. The summed E-state index contributed by atoms with van der Waals surface area (Å²) in [6, 6.07) is 0. The summed E-state index contributed by atoms with van der Waals surface area (Å²) in [6.07, 6.45) is 0. The second-order valence-electron chi connectivity index (χ2n) is 2.85. The minimum absolute atomic E-state index is 0. The molecule has 0 bridgehead atoms. The first-order valence-electron chi connectivity index (χ1n) is 3.97. The minimum Gasteiger partial charge on any atom is -0.503 e. The minimum atomic E-state index is -2.11. The van der Waals surface area contributed by atoms with E-state index in [4.69, 9.17) is 16.2 Å². The summed E-state index contributed by atoms with van der Waals surface area (Å²) < 4.78 is 51.8. The molecule has 1 rings (SSSR count). The normalized spacial score (nSPS) is 9.56. The van der Waals surface area contributed by atoms with Crippen molar-refractivity contribution in [2.75, 3.05) is 0 Å². The van der Waals surface area contributed by atoms with Crippen LogP contribution in [0.1, 0.15) is 10.4 Å². The molecule has 0 aliphatic heterocycles. The summed E-state index contributed by atoms with van der Waals surface area (Å²) in [5, 5.41) is 16.7. The zero-order valence-electron chi connectivity index (χ0n) is 8.35. The maximum Gasteiger partial charge on any atom is 0.264 e. The molecule has 10 heteroatoms. The predicted octanol–water partition coefficient (Wildman–Crippen LogP) is 0.994. The van der Waals surface area contributed by atoms with Gasteiger partial charge in [-0.05, 0) is 0 Å². The fourth-order valence-electron chi connectivity index (χ4n) is 1.00. The number of hydrogen-bond acceptors (Lipinski definition) is 3. The number of hydrogen-bond donors (Lipinski definition) is 4. The Hall–Kier alpha value is -2.03. The van der Waals surface area contributed by atoms with Crippen molar-refractivity contribution in [2.45, 2.75) is 0 Å². The number of phenols is 1. The van der Waals surface area contributed by atoms with Crippen LogP contribution in [0.25, 0.3) is 0 Å². The number of aromatic hydroxyl groups is 1. The smallest absolute Gasteiger partial charge is 0.264 e. The Balaban J connectivity index is 0.00000289. The largest absolute Gasteiger partial charge is 0.503 e. The third-order valence-corrected chi connectivity index (χ3v) is 1.72. The number of halogens is 5. The monoisotopic (exact) mass is 287 g/mol. The van der Waals surface area contributed by atoms with Crippen LogP contribution in [0.15, 0.2) is 0 Å². The molecule has 0 saturated carbocycles. The Kier molecular flexibility index (Phi) is 4.91. The third-order valence-electron chi connectivity index (χ3n) is 1.72. The summed E-state index contributed by atoms with van der Waals surface area (Å²) in [4.78, 5) is 11.1. The molecule has 0 atom stereocenters. The molecule has 5 N–H and O–H groups in total. The van der Waals surface area contributed by atoms with Crippen molar-refractivity contribution in [3.05, 3.63) is 28.8 Å². The lowest BCUT2D eigenvalue weighted by Gasteiger charge is -2.08. The van der Waals surface area contributed by atoms with E-state index < -0.39 is 46.4 Å². The van der Waals surface area contributed by atoms with E-state index in [0.29, 0.717) is 0 Å². The summed E-state index contributed by atoms with van der Waals surface area (Å²) >= 11 is 0. The lowest BCUT2D eigenvalue weighted by atomic mass is 10.1. The van der Waals surface area contributed by atoms with Gasteiger partial charge < -0.3 is 10.8 Å². The first-order valence-corrected chi connectivity index (χ1v) is 3.97. The molecule has 1 aromatic rings. The van der Waals surface area contributed by atoms with E-state index in [9.17, 15) is 22.4 Å². The van der Waals surface area contributed by atoms with E-state index in [2.05, 4.69) is 0 Å². The van der Waals surface area contributed by atoms with Crippen LogP contribution < -0.4 is 11.1 Å². The maximum atomic E-state index is 13.1. The maximum absolute atomic E-state index is 13.1. The van der Waals surface area contributed by atoms with Gasteiger partial charge in [-0.25, -0.2) is 8.78 Å². The number of amides is 1. The number of rotatable bonds is 1. The van der Waals surface area contributed by atoms with E-state index in [1.165, 1.54) is 5.32 Å². The Morgan fingerprint density at radius 3 is 1.83 bits per heavy atom. The van der Waals surface area contributed by atoms with Gasteiger partial charge in [0.2, 0.25) is 11.6 Å². The second kappa shape index (κ2) is 5.54. The third kappa shape index (κ3) is 2.62. The SMILES string of the molecule is Cl.N=C(N)NC(=O)c1c(F)c(F)c(O)c(F)c1F. The van der Waals surface area contributed by atoms with E-state index in [1.54, 1.807) is 0 Å². The van der Waals surface area contributed by atoms with Crippen LogP contribution in [0.4, 0.5) is 17.6 Å². The summed E-state index contributed by atoms with van der Waals surface area (Å²) in [7, 11) is 0. The van der Waals surface area contributed by atoms with Gasteiger partial charge in [0.05, 0.1) is 0 Å². The summed E-state index contributed by atoms with van der Waals surface area (Å²) in [5.74, 6) is -12.9. The van der Waals surface area contributed by atoms with Crippen LogP contribution in [0.3, 0.4) is 0 Å². The van der Waals surface area contributed by atoms with E-state index in [1.807, 2.05) is 0 Å². The molecule has 0 aliphatic rings. The van der Waals surface area contributed by atoms with Gasteiger partial charge in [-0.3, -0.25) is 15.5 Å². The Labute approximate surface area is 104 Å². The number of phenolic OH excluding ortho intramolecular Hbond substituents is 1. The second-order valence-corrected chi connectivity index (χ2v) is 2.85. The molecule has 0 aromatic heterocycles. The number of nitrogens with one attached hydrogen (secondary N) is 2. The summed E-state index contributed by atoms with van der Waals surface area (Å²) in [5.41, 5.74) is 3.09. The lowest BCUT2D eigenvalue weighted by Crippen LogP contribution is -2.37. The molecule has 100 valence electrons. The van der Waals surface area contributed by atoms with Crippen molar-refractivity contribution in [2.24, 2.45) is 5.73 Å². The number of guanidine groups is 1. The molecule has 0 saturated heterocycles. The van der Waals surface area contributed by atoms with Crippen molar-refractivity contribution < 1.29 is 27.5 Å². The van der Waals surface area contributed by atoms with Gasteiger partial charge in [-0.2, -0.15) is 8.78 Å². The molecule has 0 fully saturated rings. The lowest BCUT2D eigenvalue weighted by molar-refractivity contribution is 0.0965. The molecule has 18 heavy (non-hydrogen) atoms. The van der Waals surface area contributed by atoms with Gasteiger partial charge in [0, 0.05) is 0 Å². The molecule has 1 amide bonds. The van der Waals surface area contributed by atoms with Gasteiger partial charge in [0.25, 0.3) is 5.91 Å². The zero-order chi connectivity index (χ0) is 13.3. The fourth-order valence-corrected chi connectivity index (χ4v) is 1.00. The Morgan fingerprint density at radius 1 is 1.11 bits per heavy atom. The molecule has 0 radical (unpaired) electrons. The van der Waals surface area contributed by atoms with E-state index in [0.717, 1.165) is 0 Å². The number of benzene rings is 1. The standard InChI is InChI=1S/C8H5F4N3O2.ClH/c9-2-1(7(17)15-8(13)14)3(10)5(12)6(16)4(2)11;/h16H,(H4,13,14,15,17);1H. The average Bonchev–Trinajstić information content (AvgIpc) is 2.23. The van der Waals surface area contributed by atoms with Crippen LogP contribution in [-0.2, 0) is 0 Å². The van der Waals surface area contributed by atoms with Crippen molar-refractivity contribution in [3.63, 3.8) is 0 Å². The van der Waals surface area contributed by atoms with Gasteiger partial charge in [-0.1, -0.05) is 0 Å². The van der Waals surface area contributed by atoms with Gasteiger partial charge in [0.15, 0.2) is 23.3 Å². The van der Waals surface area contributed by atoms with Crippen LogP contribution >= 0.6 is 12.4 Å². The van der Waals surface area contributed by atoms with E-state index >= 15 is 0 Å². The highest BCUT2D eigenvalue weighted by atomic mass is 35.5. The number of carbonyl (C=O) groups is 1. The fraction of sp³-hybridized carbons (Fsp3) is 0. The van der Waals surface area contributed by atoms with Crippen molar-refractivity contribution >= 4 is 24.3 Å². The van der Waals surface area contributed by atoms with Crippen molar-refractivity contribution in [3.8, 4) is 5.75 Å². The van der Waals surface area contributed by atoms with Crippen LogP contribution in [-0.4, -0.2) is 17.0 Å².